The standard InChI is InChI=1S/C25H28N4O3S/c1-14-8-6-7-9-18(14)27-23(30)19-15(2)26-22-21(24(31)29(4)25(32)28(22)3)20(19)16-10-12-17(33-5)13-11-16/h6-13,20-22,26H,1-5H3,(H,27,30). The second-order valence-corrected chi connectivity index (χ2v) is 9.34. The summed E-state index contributed by atoms with van der Waals surface area (Å²) < 4.78 is 0. The van der Waals surface area contributed by atoms with Crippen LogP contribution in [0.25, 0.3) is 0 Å². The monoisotopic (exact) mass is 464 g/mol. The molecule has 33 heavy (non-hydrogen) atoms. The molecule has 1 fully saturated rings. The van der Waals surface area contributed by atoms with E-state index in [1.54, 1.807) is 18.8 Å². The number of rotatable bonds is 4. The summed E-state index contributed by atoms with van der Waals surface area (Å²) in [6.45, 7) is 3.76. The number of imide groups is 1. The van der Waals surface area contributed by atoms with E-state index in [4.69, 9.17) is 0 Å². The molecule has 1 saturated heterocycles. The largest absolute Gasteiger partial charge is 0.368 e. The van der Waals surface area contributed by atoms with Gasteiger partial charge in [0.25, 0.3) is 5.91 Å². The molecule has 0 radical (unpaired) electrons. The average Bonchev–Trinajstić information content (AvgIpc) is 2.82. The van der Waals surface area contributed by atoms with Gasteiger partial charge in [-0.3, -0.25) is 14.5 Å². The lowest BCUT2D eigenvalue weighted by Crippen LogP contribution is -2.66. The number of aryl methyl sites for hydroxylation is 1. The van der Waals surface area contributed by atoms with Gasteiger partial charge in [-0.15, -0.1) is 11.8 Å². The first kappa shape index (κ1) is 22.9. The molecule has 0 aliphatic carbocycles. The number of benzene rings is 2. The van der Waals surface area contributed by atoms with Crippen molar-refractivity contribution in [2.75, 3.05) is 25.7 Å². The minimum atomic E-state index is -0.640. The summed E-state index contributed by atoms with van der Waals surface area (Å²) in [7, 11) is 3.17. The number of carbonyl (C=O) groups excluding carboxylic acids is 3. The van der Waals surface area contributed by atoms with Crippen LogP contribution in [0.1, 0.15) is 24.0 Å². The molecular formula is C25H28N4O3S. The zero-order valence-electron chi connectivity index (χ0n) is 19.4. The van der Waals surface area contributed by atoms with E-state index >= 15 is 0 Å². The van der Waals surface area contributed by atoms with Crippen LogP contribution in [-0.2, 0) is 9.59 Å². The van der Waals surface area contributed by atoms with Crippen LogP contribution in [0.2, 0.25) is 0 Å². The third-order valence-corrected chi connectivity index (χ3v) is 7.26. The Hall–Kier alpha value is -3.26. The Bertz CT molecular complexity index is 1140. The van der Waals surface area contributed by atoms with E-state index in [0.717, 1.165) is 26.6 Å². The molecule has 0 aromatic heterocycles. The normalized spacial score (nSPS) is 22.8. The Morgan fingerprint density at radius 1 is 1.03 bits per heavy atom. The minimum Gasteiger partial charge on any atom is -0.368 e. The Kier molecular flexibility index (Phi) is 6.21. The smallest absolute Gasteiger partial charge is 0.327 e. The Morgan fingerprint density at radius 3 is 2.33 bits per heavy atom. The van der Waals surface area contributed by atoms with Gasteiger partial charge in [0.05, 0.1) is 5.92 Å². The van der Waals surface area contributed by atoms with E-state index < -0.39 is 18.0 Å². The molecule has 2 aromatic carbocycles. The minimum absolute atomic E-state index is 0.262. The maximum atomic E-state index is 13.6. The predicted molar refractivity (Wildman–Crippen MR) is 130 cm³/mol. The van der Waals surface area contributed by atoms with E-state index in [-0.39, 0.29) is 17.8 Å². The number of nitrogens with one attached hydrogen (secondary N) is 2. The average molecular weight is 465 g/mol. The van der Waals surface area contributed by atoms with Crippen LogP contribution < -0.4 is 10.6 Å². The molecule has 2 heterocycles. The number of nitrogens with zero attached hydrogens (tertiary/aromatic N) is 2. The molecule has 0 bridgehead atoms. The summed E-state index contributed by atoms with van der Waals surface area (Å²) in [5.41, 5.74) is 3.69. The summed E-state index contributed by atoms with van der Waals surface area (Å²) in [6, 6.07) is 15.1. The fourth-order valence-corrected chi connectivity index (χ4v) is 5.08. The number of carbonyl (C=O) groups is 3. The third-order valence-electron chi connectivity index (χ3n) is 6.51. The van der Waals surface area contributed by atoms with Crippen molar-refractivity contribution in [1.29, 1.82) is 0 Å². The van der Waals surface area contributed by atoms with E-state index in [9.17, 15) is 14.4 Å². The highest BCUT2D eigenvalue weighted by Crippen LogP contribution is 2.43. The zero-order chi connectivity index (χ0) is 23.9. The van der Waals surface area contributed by atoms with Crippen LogP contribution in [0.15, 0.2) is 64.7 Å². The highest BCUT2D eigenvalue weighted by atomic mass is 32.2. The predicted octanol–water partition coefficient (Wildman–Crippen LogP) is 3.78. The maximum Gasteiger partial charge on any atom is 0.327 e. The molecule has 4 rings (SSSR count). The highest BCUT2D eigenvalue weighted by molar-refractivity contribution is 7.98. The lowest BCUT2D eigenvalue weighted by atomic mass is 9.73. The van der Waals surface area contributed by atoms with Gasteiger partial charge in [0.1, 0.15) is 6.17 Å². The number of allylic oxidation sites excluding steroid dienone is 1. The maximum absolute atomic E-state index is 13.6. The topological polar surface area (TPSA) is 81.8 Å². The summed E-state index contributed by atoms with van der Waals surface area (Å²) in [5.74, 6) is -1.72. The van der Waals surface area contributed by atoms with Gasteiger partial charge in [-0.2, -0.15) is 0 Å². The van der Waals surface area contributed by atoms with Gasteiger partial charge in [-0.05, 0) is 49.4 Å². The first-order valence-corrected chi connectivity index (χ1v) is 12.0. The zero-order valence-corrected chi connectivity index (χ0v) is 20.2. The first-order chi connectivity index (χ1) is 15.7. The molecule has 2 aromatic rings. The molecule has 172 valence electrons. The fourth-order valence-electron chi connectivity index (χ4n) is 4.67. The van der Waals surface area contributed by atoms with Crippen LogP contribution in [0.5, 0.6) is 0 Å². The van der Waals surface area contributed by atoms with Gasteiger partial charge in [0.2, 0.25) is 5.91 Å². The second kappa shape index (κ2) is 8.94. The van der Waals surface area contributed by atoms with Gasteiger partial charge >= 0.3 is 6.03 Å². The number of para-hydroxylation sites is 1. The molecule has 2 N–H and O–H groups in total. The van der Waals surface area contributed by atoms with E-state index in [1.165, 1.54) is 11.9 Å². The number of hydrogen-bond donors (Lipinski definition) is 2. The fraction of sp³-hybridized carbons (Fsp3) is 0.320. The SMILES string of the molecule is CSc1ccc(C2C(C(=O)Nc3ccccc3C)=C(C)NC3C2C(=O)N(C)C(=O)N3C)cc1. The number of thioether (sulfide) groups is 1. The van der Waals surface area contributed by atoms with Gasteiger partial charge in [-0.1, -0.05) is 30.3 Å². The van der Waals surface area contributed by atoms with Gasteiger partial charge in [-0.25, -0.2) is 4.79 Å². The number of fused-ring (bicyclic) bond motifs is 1. The van der Waals surface area contributed by atoms with Crippen LogP contribution in [-0.4, -0.2) is 54.2 Å². The van der Waals surface area contributed by atoms with Crippen LogP contribution in [0.3, 0.4) is 0 Å². The molecule has 7 nitrogen and oxygen atoms in total. The van der Waals surface area contributed by atoms with Crippen molar-refractivity contribution in [2.24, 2.45) is 5.92 Å². The molecule has 0 saturated carbocycles. The summed E-state index contributed by atoms with van der Waals surface area (Å²) in [6.07, 6.45) is 1.46. The number of urea groups is 1. The second-order valence-electron chi connectivity index (χ2n) is 8.46. The number of anilines is 1. The van der Waals surface area contributed by atoms with Crippen molar-refractivity contribution in [3.63, 3.8) is 0 Å². The number of amides is 4. The summed E-state index contributed by atoms with van der Waals surface area (Å²) in [5, 5.41) is 6.30. The molecule has 2 aliphatic heterocycles. The first-order valence-electron chi connectivity index (χ1n) is 10.8. The van der Waals surface area contributed by atoms with Gasteiger partial charge in [0, 0.05) is 41.9 Å². The van der Waals surface area contributed by atoms with E-state index in [0.29, 0.717) is 11.3 Å². The Labute approximate surface area is 198 Å². The highest BCUT2D eigenvalue weighted by Gasteiger charge is 2.52. The molecule has 3 unspecified atom stereocenters. The summed E-state index contributed by atoms with van der Waals surface area (Å²) in [4.78, 5) is 43.4. The van der Waals surface area contributed by atoms with Crippen molar-refractivity contribution in [3.8, 4) is 0 Å². The Balaban J connectivity index is 1.83. The van der Waals surface area contributed by atoms with Crippen LogP contribution in [0.4, 0.5) is 10.5 Å². The quantitative estimate of drug-likeness (QED) is 0.673. The van der Waals surface area contributed by atoms with Crippen LogP contribution in [0, 0.1) is 12.8 Å². The molecule has 4 amide bonds. The van der Waals surface area contributed by atoms with Crippen molar-refractivity contribution in [2.45, 2.75) is 30.8 Å². The molecule has 0 spiro atoms. The van der Waals surface area contributed by atoms with Gasteiger partial charge < -0.3 is 15.5 Å². The summed E-state index contributed by atoms with van der Waals surface area (Å²) >= 11 is 1.63. The molecule has 8 heteroatoms. The van der Waals surface area contributed by atoms with Crippen molar-refractivity contribution < 1.29 is 14.4 Å². The lowest BCUT2D eigenvalue weighted by Gasteiger charge is -2.48. The van der Waals surface area contributed by atoms with Crippen LogP contribution >= 0.6 is 11.8 Å². The lowest BCUT2D eigenvalue weighted by molar-refractivity contribution is -0.139. The van der Waals surface area contributed by atoms with Gasteiger partial charge in [0.15, 0.2) is 0 Å². The molecule has 3 atom stereocenters. The van der Waals surface area contributed by atoms with E-state index in [1.807, 2.05) is 68.6 Å². The molecule has 2 aliphatic rings. The molecular weight excluding hydrogens is 436 g/mol. The third kappa shape index (κ3) is 3.99. The van der Waals surface area contributed by atoms with E-state index in [2.05, 4.69) is 10.6 Å². The number of hydrogen-bond acceptors (Lipinski definition) is 5. The van der Waals surface area contributed by atoms with Crippen molar-refractivity contribution in [3.05, 3.63) is 70.9 Å². The van der Waals surface area contributed by atoms with Crippen molar-refractivity contribution in [1.82, 2.24) is 15.1 Å². The Morgan fingerprint density at radius 2 is 1.70 bits per heavy atom. The van der Waals surface area contributed by atoms with Crippen molar-refractivity contribution >= 4 is 35.3 Å².